The molecule has 24 heavy (non-hydrogen) atoms. The van der Waals surface area contributed by atoms with E-state index < -0.39 is 41.4 Å². The van der Waals surface area contributed by atoms with Gasteiger partial charge in [-0.05, 0) is 32.4 Å². The van der Waals surface area contributed by atoms with Crippen molar-refractivity contribution >= 4 is 12.1 Å². The number of aliphatic carboxylic acids is 1. The Balaban J connectivity index is 2.22. The van der Waals surface area contributed by atoms with Crippen molar-refractivity contribution in [2.24, 2.45) is 0 Å². The van der Waals surface area contributed by atoms with Gasteiger partial charge in [-0.1, -0.05) is 18.2 Å². The monoisotopic (exact) mass is 345 g/mol. The minimum atomic E-state index is -4.51. The average Bonchev–Trinajstić information content (AvgIpc) is 2.33. The van der Waals surface area contributed by atoms with Gasteiger partial charge < -0.3 is 9.84 Å². The first-order valence-electron chi connectivity index (χ1n) is 7.30. The predicted molar refractivity (Wildman–Crippen MR) is 78.5 cm³/mol. The van der Waals surface area contributed by atoms with E-state index in [9.17, 15) is 27.9 Å². The van der Waals surface area contributed by atoms with Gasteiger partial charge in [0.15, 0.2) is 0 Å². The number of ether oxygens (including phenoxy) is 1. The summed E-state index contributed by atoms with van der Waals surface area (Å²) >= 11 is 0. The molecule has 8 heteroatoms. The number of benzene rings is 1. The van der Waals surface area contributed by atoms with E-state index in [0.717, 1.165) is 17.0 Å². The number of halogens is 3. The highest BCUT2D eigenvalue weighted by molar-refractivity contribution is 5.84. The largest absolute Gasteiger partial charge is 0.480 e. The van der Waals surface area contributed by atoms with Crippen LogP contribution in [-0.2, 0) is 15.7 Å². The highest BCUT2D eigenvalue weighted by Gasteiger charge is 2.49. The number of amides is 1. The van der Waals surface area contributed by atoms with Crippen LogP contribution < -0.4 is 0 Å². The van der Waals surface area contributed by atoms with E-state index in [1.807, 2.05) is 0 Å². The van der Waals surface area contributed by atoms with Gasteiger partial charge in [-0.3, -0.25) is 4.90 Å². The van der Waals surface area contributed by atoms with E-state index in [0.29, 0.717) is 0 Å². The number of carbonyl (C=O) groups is 2. The number of carbonyl (C=O) groups excluding carboxylic acids is 1. The van der Waals surface area contributed by atoms with E-state index in [-0.39, 0.29) is 12.1 Å². The Labute approximate surface area is 137 Å². The molecule has 0 saturated carbocycles. The Morgan fingerprint density at radius 3 is 2.38 bits per heavy atom. The zero-order valence-corrected chi connectivity index (χ0v) is 13.4. The molecule has 5 nitrogen and oxygen atoms in total. The lowest BCUT2D eigenvalue weighted by atomic mass is 9.82. The fourth-order valence-electron chi connectivity index (χ4n) is 2.55. The first-order chi connectivity index (χ1) is 10.9. The summed E-state index contributed by atoms with van der Waals surface area (Å²) in [6, 6.07) is 3.26. The zero-order valence-electron chi connectivity index (χ0n) is 13.4. The maximum atomic E-state index is 12.8. The van der Waals surface area contributed by atoms with Gasteiger partial charge in [0.1, 0.15) is 11.6 Å². The second-order valence-electron chi connectivity index (χ2n) is 6.65. The summed E-state index contributed by atoms with van der Waals surface area (Å²) < 4.78 is 43.5. The summed E-state index contributed by atoms with van der Waals surface area (Å²) in [6.45, 7) is 4.92. The van der Waals surface area contributed by atoms with Crippen molar-refractivity contribution in [1.29, 1.82) is 0 Å². The molecule has 1 aromatic rings. The molecule has 1 fully saturated rings. The van der Waals surface area contributed by atoms with Crippen LogP contribution in [0.4, 0.5) is 18.0 Å². The average molecular weight is 345 g/mol. The Morgan fingerprint density at radius 1 is 1.25 bits per heavy atom. The third-order valence-electron chi connectivity index (χ3n) is 3.63. The molecule has 0 aliphatic carbocycles. The summed E-state index contributed by atoms with van der Waals surface area (Å²) in [7, 11) is 0. The molecule has 1 heterocycles. The second kappa shape index (κ2) is 5.99. The highest BCUT2D eigenvalue weighted by atomic mass is 19.4. The smallest absolute Gasteiger partial charge is 0.416 e. The molecule has 1 amide bonds. The predicted octanol–water partition coefficient (Wildman–Crippen LogP) is 3.49. The van der Waals surface area contributed by atoms with Crippen LogP contribution in [0.2, 0.25) is 0 Å². The SMILES string of the molecule is CC(C)(C)OC(=O)N1C[C@H](c2cccc(C(F)(F)F)c2)[C@H]1C(=O)O. The van der Waals surface area contributed by atoms with Crippen molar-refractivity contribution in [2.75, 3.05) is 6.54 Å². The number of nitrogens with zero attached hydrogens (tertiary/aromatic N) is 1. The molecule has 132 valence electrons. The number of hydrogen-bond acceptors (Lipinski definition) is 3. The molecule has 0 unspecified atom stereocenters. The molecule has 1 aliphatic rings. The molecule has 0 aromatic heterocycles. The summed E-state index contributed by atoms with van der Waals surface area (Å²) in [5.74, 6) is -1.99. The van der Waals surface area contributed by atoms with Crippen LogP contribution in [0.1, 0.15) is 37.8 Å². The minimum Gasteiger partial charge on any atom is -0.480 e. The van der Waals surface area contributed by atoms with E-state index >= 15 is 0 Å². The van der Waals surface area contributed by atoms with Gasteiger partial charge in [0.05, 0.1) is 5.56 Å². The summed E-state index contributed by atoms with van der Waals surface area (Å²) in [6.07, 6.45) is -5.30. The third kappa shape index (κ3) is 3.80. The molecular weight excluding hydrogens is 327 g/mol. The molecule has 1 N–H and O–H groups in total. The van der Waals surface area contributed by atoms with Gasteiger partial charge >= 0.3 is 18.2 Å². The molecule has 2 rings (SSSR count). The Kier molecular flexibility index (Phi) is 4.52. The number of hydrogen-bond donors (Lipinski definition) is 1. The lowest BCUT2D eigenvalue weighted by Crippen LogP contribution is -2.61. The quantitative estimate of drug-likeness (QED) is 0.891. The lowest BCUT2D eigenvalue weighted by molar-refractivity contribution is -0.149. The standard InChI is InChI=1S/C16H18F3NO4/c1-15(2,3)24-14(23)20-8-11(12(20)13(21)22)9-5-4-6-10(7-9)16(17,18)19/h4-7,11-12H,8H2,1-3H3,(H,21,22)/t11-,12+/m1/s1. The number of alkyl halides is 3. The van der Waals surface area contributed by atoms with Crippen LogP contribution in [0.5, 0.6) is 0 Å². The highest BCUT2D eigenvalue weighted by Crippen LogP contribution is 2.38. The molecule has 0 bridgehead atoms. The van der Waals surface area contributed by atoms with Gasteiger partial charge in [0, 0.05) is 12.5 Å². The molecular formula is C16H18F3NO4. The van der Waals surface area contributed by atoms with Crippen LogP contribution in [-0.4, -0.2) is 40.3 Å². The van der Waals surface area contributed by atoms with Crippen LogP contribution in [0.3, 0.4) is 0 Å². The van der Waals surface area contributed by atoms with Crippen LogP contribution in [0.25, 0.3) is 0 Å². The Bertz CT molecular complexity index is 651. The Hall–Kier alpha value is -2.25. The second-order valence-corrected chi connectivity index (χ2v) is 6.65. The first-order valence-corrected chi connectivity index (χ1v) is 7.30. The normalized spacial score (nSPS) is 21.2. The summed E-state index contributed by atoms with van der Waals surface area (Å²) in [5, 5.41) is 9.34. The Morgan fingerprint density at radius 2 is 1.88 bits per heavy atom. The fraction of sp³-hybridized carbons (Fsp3) is 0.500. The molecule has 0 radical (unpaired) electrons. The number of likely N-dealkylation sites (tertiary alicyclic amines) is 1. The summed E-state index contributed by atoms with van der Waals surface area (Å²) in [5.41, 5.74) is -1.40. The zero-order chi connectivity index (χ0) is 18.3. The molecule has 2 atom stereocenters. The van der Waals surface area contributed by atoms with Gasteiger partial charge in [0.2, 0.25) is 0 Å². The third-order valence-corrected chi connectivity index (χ3v) is 3.63. The lowest BCUT2D eigenvalue weighted by Gasteiger charge is -2.45. The van der Waals surface area contributed by atoms with Crippen molar-refractivity contribution in [3.63, 3.8) is 0 Å². The van der Waals surface area contributed by atoms with Crippen molar-refractivity contribution in [3.05, 3.63) is 35.4 Å². The number of carboxylic acid groups (broad SMARTS) is 1. The maximum absolute atomic E-state index is 12.8. The van der Waals surface area contributed by atoms with E-state index in [1.54, 1.807) is 20.8 Å². The number of rotatable bonds is 2. The molecule has 0 spiro atoms. The first kappa shape index (κ1) is 18.1. The maximum Gasteiger partial charge on any atom is 0.416 e. The van der Waals surface area contributed by atoms with E-state index in [2.05, 4.69) is 0 Å². The molecule has 1 saturated heterocycles. The summed E-state index contributed by atoms with van der Waals surface area (Å²) in [4.78, 5) is 24.5. The van der Waals surface area contributed by atoms with Crippen LogP contribution in [0.15, 0.2) is 24.3 Å². The molecule has 1 aliphatic heterocycles. The van der Waals surface area contributed by atoms with Gasteiger partial charge in [-0.15, -0.1) is 0 Å². The van der Waals surface area contributed by atoms with Gasteiger partial charge in [0.25, 0.3) is 0 Å². The van der Waals surface area contributed by atoms with Gasteiger partial charge in [-0.2, -0.15) is 13.2 Å². The van der Waals surface area contributed by atoms with E-state index in [1.165, 1.54) is 12.1 Å². The fourth-order valence-corrected chi connectivity index (χ4v) is 2.55. The van der Waals surface area contributed by atoms with Crippen molar-refractivity contribution in [3.8, 4) is 0 Å². The van der Waals surface area contributed by atoms with Crippen LogP contribution >= 0.6 is 0 Å². The molecule has 1 aromatic carbocycles. The minimum absolute atomic E-state index is 0.00676. The van der Waals surface area contributed by atoms with Crippen molar-refractivity contribution < 1.29 is 32.6 Å². The van der Waals surface area contributed by atoms with Crippen LogP contribution in [0, 0.1) is 0 Å². The number of carboxylic acids is 1. The van der Waals surface area contributed by atoms with E-state index in [4.69, 9.17) is 4.74 Å². The van der Waals surface area contributed by atoms with Crippen molar-refractivity contribution in [1.82, 2.24) is 4.90 Å². The van der Waals surface area contributed by atoms with Gasteiger partial charge in [-0.25, -0.2) is 9.59 Å². The topological polar surface area (TPSA) is 66.8 Å². The van der Waals surface area contributed by atoms with Crippen molar-refractivity contribution in [2.45, 2.75) is 44.5 Å².